The van der Waals surface area contributed by atoms with Crippen LogP contribution in [0.3, 0.4) is 0 Å². The highest BCUT2D eigenvalue weighted by atomic mass is 16.5. The second kappa shape index (κ2) is 16.3. The van der Waals surface area contributed by atoms with Crippen molar-refractivity contribution in [2.45, 2.75) is 158 Å². The fraction of sp³-hybridized carbons (Fsp3) is 0.909. The van der Waals surface area contributed by atoms with Crippen molar-refractivity contribution in [3.05, 3.63) is 0 Å². The third-order valence-electron chi connectivity index (χ3n) is 16.5. The van der Waals surface area contributed by atoms with Crippen molar-refractivity contribution in [1.82, 2.24) is 10.6 Å². The van der Waals surface area contributed by atoms with Crippen LogP contribution in [0.1, 0.15) is 139 Å². The van der Waals surface area contributed by atoms with Gasteiger partial charge >= 0.3 is 5.97 Å². The number of amides is 2. The summed E-state index contributed by atoms with van der Waals surface area (Å²) in [5.74, 6) is -0.521. The summed E-state index contributed by atoms with van der Waals surface area (Å²) in [7, 11) is 0. The van der Waals surface area contributed by atoms with Gasteiger partial charge in [0.1, 0.15) is 12.4 Å². The topological polar surface area (TPSA) is 171 Å². The highest BCUT2D eigenvalue weighted by Gasteiger charge is 2.73. The largest absolute Gasteiger partial charge is 0.481 e. The van der Waals surface area contributed by atoms with Crippen molar-refractivity contribution >= 4 is 23.6 Å². The third-order valence-corrected chi connectivity index (χ3v) is 16.5. The zero-order valence-corrected chi connectivity index (χ0v) is 35.4. The Morgan fingerprint density at radius 2 is 1.53 bits per heavy atom. The Morgan fingerprint density at radius 3 is 2.20 bits per heavy atom. The molecule has 5 N–H and O–H groups in total. The molecule has 5 rings (SSSR count). The fourth-order valence-corrected chi connectivity index (χ4v) is 13.3. The number of Topliss-reactive ketones (excluding diaryl/α,β-unsaturated/α-hetero) is 1. The molecule has 11 nitrogen and oxygen atoms in total. The molecule has 0 radical (unpaired) electrons. The zero-order valence-electron chi connectivity index (χ0n) is 35.4. The SMILES string of the molecule is CC(C)C[C@H](NC(=O)COCCOCCNC(=O)[C@]12CCC(C)(C)C[C@H]1[C@H]1C(=O)C[C@@H]3[C@@]4(C)CC[C@H](O)C(C)(C)[C@@H]4CC[C@@]3(C)[C@]1(C)CC2)[C@@H](O)CC(=O)O. The van der Waals surface area contributed by atoms with Crippen molar-refractivity contribution in [3.63, 3.8) is 0 Å². The van der Waals surface area contributed by atoms with Crippen LogP contribution in [0.4, 0.5) is 0 Å². The van der Waals surface area contributed by atoms with Gasteiger partial charge in [-0.15, -0.1) is 0 Å². The molecule has 0 aliphatic heterocycles. The monoisotopic (exact) mass is 775 g/mol. The Labute approximate surface area is 330 Å². The number of aliphatic hydroxyl groups excluding tert-OH is 2. The first-order chi connectivity index (χ1) is 25.5. The van der Waals surface area contributed by atoms with E-state index in [2.05, 4.69) is 59.1 Å². The van der Waals surface area contributed by atoms with Crippen LogP contribution in [0.25, 0.3) is 0 Å². The van der Waals surface area contributed by atoms with Crippen LogP contribution in [-0.4, -0.2) is 90.1 Å². The van der Waals surface area contributed by atoms with Gasteiger partial charge in [0.05, 0.1) is 49.9 Å². The predicted molar refractivity (Wildman–Crippen MR) is 210 cm³/mol. The van der Waals surface area contributed by atoms with Gasteiger partial charge in [-0.2, -0.15) is 0 Å². The number of hydrogen-bond acceptors (Lipinski definition) is 8. The van der Waals surface area contributed by atoms with Gasteiger partial charge in [0, 0.05) is 18.9 Å². The van der Waals surface area contributed by atoms with E-state index in [1.165, 1.54) is 0 Å². The maximum Gasteiger partial charge on any atom is 0.306 e. The summed E-state index contributed by atoms with van der Waals surface area (Å²) in [5, 5.41) is 36.3. The molecule has 0 aromatic carbocycles. The third kappa shape index (κ3) is 8.29. The summed E-state index contributed by atoms with van der Waals surface area (Å²) in [6, 6.07) is -0.681. The number of aliphatic carboxylic acids is 1. The van der Waals surface area contributed by atoms with Crippen molar-refractivity contribution in [3.8, 4) is 0 Å². The summed E-state index contributed by atoms with van der Waals surface area (Å²) < 4.78 is 11.2. The van der Waals surface area contributed by atoms with E-state index in [-0.39, 0.29) is 89.2 Å². The van der Waals surface area contributed by atoms with Gasteiger partial charge in [-0.05, 0) is 115 Å². The van der Waals surface area contributed by atoms with Crippen molar-refractivity contribution in [2.75, 3.05) is 33.0 Å². The lowest BCUT2D eigenvalue weighted by Gasteiger charge is -2.72. The normalized spacial score (nSPS) is 38.8. The van der Waals surface area contributed by atoms with Gasteiger partial charge < -0.3 is 35.4 Å². The number of aliphatic hydroxyl groups is 2. The number of carboxylic acids is 1. The summed E-state index contributed by atoms with van der Waals surface area (Å²) in [6.07, 6.45) is 7.19. The summed E-state index contributed by atoms with van der Waals surface area (Å²) in [6.45, 7) is 21.0. The van der Waals surface area contributed by atoms with Crippen molar-refractivity contribution in [1.29, 1.82) is 0 Å². The van der Waals surface area contributed by atoms with Gasteiger partial charge in [-0.1, -0.05) is 62.3 Å². The molecule has 5 fully saturated rings. The number of fused-ring (bicyclic) bond motifs is 7. The highest BCUT2D eigenvalue weighted by Crippen LogP contribution is 2.76. The van der Waals surface area contributed by atoms with E-state index < -0.39 is 35.9 Å². The molecule has 11 heteroatoms. The van der Waals surface area contributed by atoms with Crippen LogP contribution in [-0.2, 0) is 28.7 Å². The molecule has 0 aromatic heterocycles. The maximum absolute atomic E-state index is 14.8. The Kier molecular flexibility index (Phi) is 13.0. The first-order valence-electron chi connectivity index (χ1n) is 21.4. The van der Waals surface area contributed by atoms with E-state index in [9.17, 15) is 29.4 Å². The van der Waals surface area contributed by atoms with Crippen LogP contribution in [0.2, 0.25) is 0 Å². The number of rotatable bonds is 15. The minimum Gasteiger partial charge on any atom is -0.481 e. The van der Waals surface area contributed by atoms with E-state index in [0.29, 0.717) is 31.1 Å². The minimum absolute atomic E-state index is 0.00200. The molecule has 2 amide bonds. The number of nitrogens with one attached hydrogen (secondary N) is 2. The van der Waals surface area contributed by atoms with Crippen LogP contribution in [0.5, 0.6) is 0 Å². The van der Waals surface area contributed by atoms with E-state index in [4.69, 9.17) is 14.6 Å². The average molecular weight is 775 g/mol. The van der Waals surface area contributed by atoms with Gasteiger partial charge in [0.25, 0.3) is 0 Å². The molecule has 5 aliphatic rings. The Morgan fingerprint density at radius 1 is 0.855 bits per heavy atom. The second-order valence-corrected chi connectivity index (χ2v) is 21.0. The fourth-order valence-electron chi connectivity index (χ4n) is 13.3. The summed E-state index contributed by atoms with van der Waals surface area (Å²) in [5.41, 5.74) is -0.935. The van der Waals surface area contributed by atoms with Gasteiger partial charge in [0.2, 0.25) is 11.8 Å². The first kappa shape index (κ1) is 44.0. The lowest BCUT2D eigenvalue weighted by atomic mass is 9.31. The second-order valence-electron chi connectivity index (χ2n) is 21.0. The van der Waals surface area contributed by atoms with Crippen LogP contribution in [0.15, 0.2) is 0 Å². The molecular weight excluding hydrogens is 700 g/mol. The van der Waals surface area contributed by atoms with Gasteiger partial charge in [0.15, 0.2) is 0 Å². The lowest BCUT2D eigenvalue weighted by Crippen LogP contribution is -2.70. The quantitative estimate of drug-likeness (QED) is 0.127. The van der Waals surface area contributed by atoms with E-state index in [1.807, 2.05) is 13.8 Å². The number of carboxylic acid groups (broad SMARTS) is 1. The molecule has 0 aromatic rings. The van der Waals surface area contributed by atoms with Gasteiger partial charge in [-0.3, -0.25) is 19.2 Å². The molecule has 11 atom stereocenters. The Hall–Kier alpha value is -2.08. The van der Waals surface area contributed by atoms with E-state index in [1.54, 1.807) is 0 Å². The highest BCUT2D eigenvalue weighted by molar-refractivity contribution is 5.88. The molecule has 5 aliphatic carbocycles. The van der Waals surface area contributed by atoms with Crippen LogP contribution < -0.4 is 10.6 Å². The van der Waals surface area contributed by atoms with Gasteiger partial charge in [-0.25, -0.2) is 0 Å². The number of carbonyl (C=O) groups excluding carboxylic acids is 3. The summed E-state index contributed by atoms with van der Waals surface area (Å²) >= 11 is 0. The molecule has 0 saturated heterocycles. The molecule has 0 heterocycles. The molecule has 0 bridgehead atoms. The number of carbonyl (C=O) groups is 4. The van der Waals surface area contributed by atoms with Crippen molar-refractivity contribution in [2.24, 2.45) is 62.1 Å². The smallest absolute Gasteiger partial charge is 0.306 e. The molecule has 5 saturated carbocycles. The molecule has 55 heavy (non-hydrogen) atoms. The standard InChI is InChI=1S/C44H74N2O9/c1-27(2)22-29(30(47)24-36(51)52)46-35(50)26-55-21-20-54-19-18-45-38(53)44-16-14-39(3,4)25-28(44)37-31(48)23-33-41(7)12-11-34(49)40(5,6)32(41)10-13-42(33,8)43(37,9)15-17-44/h27-30,32-34,37,47,49H,10-26H2,1-9H3,(H,45,53)(H,46,50)(H,51,52)/t28-,29-,30-,32-,33+,34-,37-,41-,42+,43+,44-/m0/s1. The number of ether oxygens (including phenoxy) is 2. The molecule has 0 unspecified atom stereocenters. The number of ketones is 1. The number of hydrogen-bond donors (Lipinski definition) is 5. The maximum atomic E-state index is 14.8. The first-order valence-corrected chi connectivity index (χ1v) is 21.4. The average Bonchev–Trinajstić information content (AvgIpc) is 3.07. The molecular formula is C44H74N2O9. The van der Waals surface area contributed by atoms with Crippen LogP contribution >= 0.6 is 0 Å². The lowest BCUT2D eigenvalue weighted by molar-refractivity contribution is -0.244. The molecule has 0 spiro atoms. The van der Waals surface area contributed by atoms with E-state index >= 15 is 0 Å². The van der Waals surface area contributed by atoms with Crippen LogP contribution in [0, 0.1) is 62.1 Å². The Bertz CT molecular complexity index is 1430. The molecule has 314 valence electrons. The summed E-state index contributed by atoms with van der Waals surface area (Å²) in [4.78, 5) is 52.7. The van der Waals surface area contributed by atoms with E-state index in [0.717, 1.165) is 57.8 Å². The minimum atomic E-state index is -1.19. The Balaban J connectivity index is 1.17. The zero-order chi connectivity index (χ0) is 40.8. The van der Waals surface area contributed by atoms with Crippen molar-refractivity contribution < 1.29 is 44.0 Å². The predicted octanol–water partition coefficient (Wildman–Crippen LogP) is 5.92.